The molecule has 1 amide bonds. The minimum absolute atomic E-state index is 0.0355. The summed E-state index contributed by atoms with van der Waals surface area (Å²) >= 11 is 1.31. The van der Waals surface area contributed by atoms with Crippen molar-refractivity contribution >= 4 is 43.1 Å². The molecule has 0 N–H and O–H groups in total. The quantitative estimate of drug-likeness (QED) is 0.758. The Morgan fingerprint density at radius 3 is 2.68 bits per heavy atom. The number of hydrogen-bond acceptors (Lipinski definition) is 6. The van der Waals surface area contributed by atoms with E-state index in [0.29, 0.717) is 11.3 Å². The lowest BCUT2D eigenvalue weighted by Gasteiger charge is -2.26. The fourth-order valence-electron chi connectivity index (χ4n) is 2.90. The number of rotatable bonds is 4. The van der Waals surface area contributed by atoms with Crippen LogP contribution in [0, 0.1) is 0 Å². The first kappa shape index (κ1) is 17.9. The van der Waals surface area contributed by atoms with Crippen LogP contribution in [0.1, 0.15) is 23.0 Å². The molecule has 3 rings (SSSR count). The van der Waals surface area contributed by atoms with Crippen molar-refractivity contribution in [2.75, 3.05) is 18.6 Å². The second-order valence-electron chi connectivity index (χ2n) is 6.20. The molecule has 2 aromatic rings. The third-order valence-corrected chi connectivity index (χ3v) is 7.21. The van der Waals surface area contributed by atoms with E-state index in [9.17, 15) is 18.0 Å². The zero-order valence-electron chi connectivity index (χ0n) is 14.0. The summed E-state index contributed by atoms with van der Waals surface area (Å²) in [4.78, 5) is 26.6. The highest BCUT2D eigenvalue weighted by Gasteiger charge is 2.35. The molecule has 0 unspecified atom stereocenters. The van der Waals surface area contributed by atoms with Crippen LogP contribution in [0.3, 0.4) is 0 Å². The van der Waals surface area contributed by atoms with Crippen LogP contribution >= 0.6 is 11.3 Å². The van der Waals surface area contributed by atoms with Gasteiger partial charge in [0.25, 0.3) is 5.91 Å². The van der Waals surface area contributed by atoms with Crippen molar-refractivity contribution < 1.29 is 22.7 Å². The Balaban J connectivity index is 1.65. The van der Waals surface area contributed by atoms with E-state index in [0.717, 1.165) is 10.1 Å². The first-order valence-electron chi connectivity index (χ1n) is 7.93. The summed E-state index contributed by atoms with van der Waals surface area (Å²) in [5.74, 6) is -0.886. The normalized spacial score (nSPS) is 20.3. The molecule has 1 aromatic heterocycles. The van der Waals surface area contributed by atoms with Gasteiger partial charge in [-0.3, -0.25) is 4.79 Å². The van der Waals surface area contributed by atoms with Gasteiger partial charge < -0.3 is 9.64 Å². The number of nitrogens with zero attached hydrogens (tertiary/aromatic N) is 1. The lowest BCUT2D eigenvalue weighted by molar-refractivity contribution is -0.140. The second kappa shape index (κ2) is 6.76. The maximum absolute atomic E-state index is 12.4. The van der Waals surface area contributed by atoms with Gasteiger partial charge in [-0.05, 0) is 30.9 Å². The Kier molecular flexibility index (Phi) is 4.83. The average molecular weight is 381 g/mol. The standard InChI is InChI=1S/C17H19NO5S2/c1-11(16(19)18(2)13-7-8-25(21,22)10-13)23-17(20)15-9-12-5-3-4-6-14(12)24-15/h3-6,9,11,13H,7-8,10H2,1-2H3/t11-,13+/m1/s1. The van der Waals surface area contributed by atoms with E-state index in [1.165, 1.54) is 23.2 Å². The Hall–Kier alpha value is -1.93. The summed E-state index contributed by atoms with van der Waals surface area (Å²) in [6, 6.07) is 8.99. The van der Waals surface area contributed by atoms with Crippen molar-refractivity contribution in [3.8, 4) is 0 Å². The van der Waals surface area contributed by atoms with Gasteiger partial charge in [-0.2, -0.15) is 0 Å². The molecule has 0 bridgehead atoms. The van der Waals surface area contributed by atoms with E-state index in [-0.39, 0.29) is 17.5 Å². The molecule has 25 heavy (non-hydrogen) atoms. The summed E-state index contributed by atoms with van der Waals surface area (Å²) in [6.07, 6.45) is -0.548. The van der Waals surface area contributed by atoms with Crippen LogP contribution in [0.15, 0.2) is 30.3 Å². The Labute approximate surface area is 150 Å². The number of benzene rings is 1. The number of ether oxygens (including phenoxy) is 1. The van der Waals surface area contributed by atoms with E-state index in [4.69, 9.17) is 4.74 Å². The van der Waals surface area contributed by atoms with Gasteiger partial charge in [0.1, 0.15) is 4.88 Å². The van der Waals surface area contributed by atoms with E-state index in [1.54, 1.807) is 13.1 Å². The van der Waals surface area contributed by atoms with Crippen molar-refractivity contribution in [1.82, 2.24) is 4.90 Å². The number of carbonyl (C=O) groups is 2. The topological polar surface area (TPSA) is 80.8 Å². The number of hydrogen-bond donors (Lipinski definition) is 0. The molecule has 0 saturated carbocycles. The van der Waals surface area contributed by atoms with Gasteiger partial charge in [0.2, 0.25) is 0 Å². The van der Waals surface area contributed by atoms with Crippen molar-refractivity contribution in [2.45, 2.75) is 25.5 Å². The molecule has 0 aliphatic carbocycles. The summed E-state index contributed by atoms with van der Waals surface area (Å²) < 4.78 is 29.4. The van der Waals surface area contributed by atoms with E-state index in [1.807, 2.05) is 24.3 Å². The van der Waals surface area contributed by atoms with Gasteiger partial charge in [-0.1, -0.05) is 18.2 Å². The minimum Gasteiger partial charge on any atom is -0.448 e. The first-order chi connectivity index (χ1) is 11.8. The van der Waals surface area contributed by atoms with E-state index in [2.05, 4.69) is 0 Å². The molecule has 2 atom stereocenters. The Bertz CT molecular complexity index is 885. The zero-order valence-corrected chi connectivity index (χ0v) is 15.6. The lowest BCUT2D eigenvalue weighted by Crippen LogP contribution is -2.44. The average Bonchev–Trinajstić information content (AvgIpc) is 3.16. The van der Waals surface area contributed by atoms with Gasteiger partial charge in [0.05, 0.1) is 11.5 Å². The van der Waals surface area contributed by atoms with Crippen LogP contribution < -0.4 is 0 Å². The smallest absolute Gasteiger partial charge is 0.349 e. The Morgan fingerprint density at radius 1 is 1.32 bits per heavy atom. The molecule has 1 aliphatic heterocycles. The molecule has 1 aliphatic rings. The molecule has 0 spiro atoms. The molecular weight excluding hydrogens is 362 g/mol. The number of likely N-dealkylation sites (N-methyl/N-ethyl adjacent to an activating group) is 1. The Morgan fingerprint density at radius 2 is 2.04 bits per heavy atom. The van der Waals surface area contributed by atoms with E-state index < -0.39 is 27.8 Å². The summed E-state index contributed by atoms with van der Waals surface area (Å²) in [5, 5.41) is 0.951. The highest BCUT2D eigenvalue weighted by atomic mass is 32.2. The molecule has 1 fully saturated rings. The fourth-order valence-corrected chi connectivity index (χ4v) is 5.62. The van der Waals surface area contributed by atoms with Crippen LogP contribution in [0.4, 0.5) is 0 Å². The maximum Gasteiger partial charge on any atom is 0.349 e. The van der Waals surface area contributed by atoms with Gasteiger partial charge in [-0.25, -0.2) is 13.2 Å². The number of sulfone groups is 1. The fraction of sp³-hybridized carbons (Fsp3) is 0.412. The van der Waals surface area contributed by atoms with Crippen molar-refractivity contribution in [3.63, 3.8) is 0 Å². The number of amides is 1. The largest absolute Gasteiger partial charge is 0.448 e. The molecule has 8 heteroatoms. The number of esters is 1. The number of thiophene rings is 1. The van der Waals surface area contributed by atoms with Crippen LogP contribution in [0.5, 0.6) is 0 Å². The van der Waals surface area contributed by atoms with Crippen molar-refractivity contribution in [1.29, 1.82) is 0 Å². The summed E-state index contributed by atoms with van der Waals surface area (Å²) in [5.41, 5.74) is 0. The SMILES string of the molecule is C[C@@H](OC(=O)c1cc2ccccc2s1)C(=O)N(C)[C@H]1CCS(=O)(=O)C1. The summed E-state index contributed by atoms with van der Waals surface area (Å²) in [6.45, 7) is 1.51. The van der Waals surface area contributed by atoms with Crippen LogP contribution in [0.25, 0.3) is 10.1 Å². The van der Waals surface area contributed by atoms with Gasteiger partial charge in [0.15, 0.2) is 15.9 Å². The van der Waals surface area contributed by atoms with E-state index >= 15 is 0 Å². The van der Waals surface area contributed by atoms with Crippen molar-refractivity contribution in [3.05, 3.63) is 35.2 Å². The molecule has 2 heterocycles. The monoisotopic (exact) mass is 381 g/mol. The van der Waals surface area contributed by atoms with Crippen LogP contribution in [-0.4, -0.2) is 55.9 Å². The molecule has 6 nitrogen and oxygen atoms in total. The second-order valence-corrected chi connectivity index (χ2v) is 9.51. The predicted molar refractivity (Wildman–Crippen MR) is 96.5 cm³/mol. The maximum atomic E-state index is 12.4. The zero-order chi connectivity index (χ0) is 18.2. The number of carbonyl (C=O) groups excluding carboxylic acids is 2. The third-order valence-electron chi connectivity index (χ3n) is 4.36. The van der Waals surface area contributed by atoms with Crippen molar-refractivity contribution in [2.24, 2.45) is 0 Å². The minimum atomic E-state index is -3.08. The highest BCUT2D eigenvalue weighted by molar-refractivity contribution is 7.91. The first-order valence-corrected chi connectivity index (χ1v) is 10.6. The molecule has 134 valence electrons. The van der Waals surface area contributed by atoms with Crippen LogP contribution in [0.2, 0.25) is 0 Å². The van der Waals surface area contributed by atoms with Gasteiger partial charge >= 0.3 is 5.97 Å². The highest BCUT2D eigenvalue weighted by Crippen LogP contribution is 2.26. The number of fused-ring (bicyclic) bond motifs is 1. The van der Waals surface area contributed by atoms with Gasteiger partial charge in [0, 0.05) is 17.8 Å². The molecule has 0 radical (unpaired) electrons. The lowest BCUT2D eigenvalue weighted by atomic mass is 10.2. The third kappa shape index (κ3) is 3.85. The molecule has 1 aromatic carbocycles. The summed E-state index contributed by atoms with van der Waals surface area (Å²) in [7, 11) is -1.53. The van der Waals surface area contributed by atoms with Gasteiger partial charge in [-0.15, -0.1) is 11.3 Å². The van der Waals surface area contributed by atoms with Crippen LogP contribution in [-0.2, 0) is 19.4 Å². The molecule has 1 saturated heterocycles. The predicted octanol–water partition coefficient (Wildman–Crippen LogP) is 2.09. The molecular formula is C17H19NO5S2.